The number of likely N-dealkylation sites (N-methyl/N-ethyl adjacent to an activating group) is 1. The normalized spacial score (nSPS) is 17.6. The van der Waals surface area contributed by atoms with Crippen molar-refractivity contribution in [1.82, 2.24) is 14.8 Å². The first-order valence-electron chi connectivity index (χ1n) is 9.27. The number of rotatable bonds is 5. The average Bonchev–Trinajstić information content (AvgIpc) is 3.26. The summed E-state index contributed by atoms with van der Waals surface area (Å²) in [6.45, 7) is 7.87. The zero-order valence-corrected chi connectivity index (χ0v) is 17.1. The van der Waals surface area contributed by atoms with Crippen molar-refractivity contribution in [3.8, 4) is 0 Å². The Morgan fingerprint density at radius 1 is 1.30 bits per heavy atom. The first-order valence-corrected chi connectivity index (χ1v) is 10.1. The minimum atomic E-state index is 0.0626. The van der Waals surface area contributed by atoms with Crippen LogP contribution in [0.2, 0.25) is 0 Å². The highest BCUT2D eigenvalue weighted by molar-refractivity contribution is 7.11. The van der Waals surface area contributed by atoms with Gasteiger partial charge in [-0.05, 0) is 51.6 Å². The van der Waals surface area contributed by atoms with Crippen molar-refractivity contribution in [2.45, 2.75) is 39.8 Å². The molecule has 2 heterocycles. The van der Waals surface area contributed by atoms with Gasteiger partial charge in [-0.25, -0.2) is 4.99 Å². The second kappa shape index (κ2) is 8.19. The largest absolute Gasteiger partial charge is 0.337 e. The van der Waals surface area contributed by atoms with Crippen LogP contribution >= 0.6 is 11.3 Å². The number of Topliss-reactive ketones (excluding diaryl/α,β-unsaturated/α-hetero) is 1. The lowest BCUT2D eigenvalue weighted by Gasteiger charge is -2.16. The van der Waals surface area contributed by atoms with Gasteiger partial charge in [0.15, 0.2) is 10.6 Å². The average molecular weight is 387 g/mol. The lowest BCUT2D eigenvalue weighted by atomic mass is 10.2. The third-order valence-corrected chi connectivity index (χ3v) is 6.30. The van der Waals surface area contributed by atoms with E-state index in [0.717, 1.165) is 47.1 Å². The molecule has 27 heavy (non-hydrogen) atoms. The Morgan fingerprint density at radius 3 is 2.56 bits per heavy atom. The van der Waals surface area contributed by atoms with E-state index < -0.39 is 0 Å². The van der Waals surface area contributed by atoms with E-state index in [4.69, 9.17) is 4.99 Å². The maximum atomic E-state index is 12.6. The molecule has 0 aliphatic carbocycles. The summed E-state index contributed by atoms with van der Waals surface area (Å²) in [6, 6.07) is 7.76. The fourth-order valence-electron chi connectivity index (χ4n) is 3.42. The van der Waals surface area contributed by atoms with Gasteiger partial charge in [-0.15, -0.1) is 0 Å². The van der Waals surface area contributed by atoms with Gasteiger partial charge in [0.05, 0.1) is 10.6 Å². The molecule has 1 fully saturated rings. The van der Waals surface area contributed by atoms with Crippen LogP contribution in [0.4, 0.5) is 5.69 Å². The number of nitrogens with one attached hydrogen (secondary N) is 1. The van der Waals surface area contributed by atoms with E-state index in [1.54, 1.807) is 6.92 Å². The van der Waals surface area contributed by atoms with Crippen molar-refractivity contribution in [2.24, 2.45) is 4.99 Å². The van der Waals surface area contributed by atoms with Gasteiger partial charge >= 0.3 is 0 Å². The maximum absolute atomic E-state index is 12.6. The van der Waals surface area contributed by atoms with Crippen molar-refractivity contribution in [3.05, 3.63) is 45.2 Å². The first kappa shape index (κ1) is 19.5. The molecule has 1 atom stereocenters. The van der Waals surface area contributed by atoms with Crippen LogP contribution in [-0.4, -0.2) is 47.3 Å². The molecular formula is C20H26N4O2S. The summed E-state index contributed by atoms with van der Waals surface area (Å²) in [4.78, 5) is 32.6. The fourth-order valence-corrected chi connectivity index (χ4v) is 4.53. The molecule has 1 unspecified atom stereocenters. The number of amides is 1. The summed E-state index contributed by atoms with van der Waals surface area (Å²) < 4.78 is 2.04. The van der Waals surface area contributed by atoms with E-state index in [1.165, 1.54) is 11.3 Å². The third-order valence-electron chi connectivity index (χ3n) is 5.02. The summed E-state index contributed by atoms with van der Waals surface area (Å²) in [6.07, 6.45) is 0.989. The molecule has 0 saturated carbocycles. The molecule has 6 nitrogen and oxygen atoms in total. The molecule has 2 aromatic rings. The number of nitrogens with zero attached hydrogens (tertiary/aromatic N) is 3. The molecule has 0 spiro atoms. The minimum absolute atomic E-state index is 0.0626. The number of thiazole rings is 1. The predicted octanol–water partition coefficient (Wildman–Crippen LogP) is 2.75. The maximum Gasteiger partial charge on any atom is 0.253 e. The van der Waals surface area contributed by atoms with Crippen molar-refractivity contribution in [2.75, 3.05) is 20.1 Å². The monoisotopic (exact) mass is 386 g/mol. The second-order valence-electron chi connectivity index (χ2n) is 6.78. The van der Waals surface area contributed by atoms with Crippen LogP contribution in [0.25, 0.3) is 0 Å². The Balaban J connectivity index is 1.84. The number of likely N-dealkylation sites (tertiary alicyclic amines) is 1. The van der Waals surface area contributed by atoms with Crippen LogP contribution in [0.5, 0.6) is 0 Å². The standard InChI is InChI=1S/C20H26N4O2S/c1-5-24-13(2)18(14(3)25)27-20(24)22-16-8-6-15(7-9-16)19(26)23-11-10-17(12-23)21-4/h6-9,17,21H,5,10-12H2,1-4H3. The molecule has 7 heteroatoms. The van der Waals surface area contributed by atoms with E-state index in [9.17, 15) is 9.59 Å². The number of hydrogen-bond acceptors (Lipinski definition) is 5. The SMILES string of the molecule is CCn1c(C)c(C(C)=O)sc1=Nc1ccc(C(=O)N2CCC(NC)C2)cc1. The van der Waals surface area contributed by atoms with Gasteiger partial charge in [0.25, 0.3) is 5.91 Å². The molecule has 0 radical (unpaired) electrons. The first-order chi connectivity index (χ1) is 12.9. The summed E-state index contributed by atoms with van der Waals surface area (Å²) in [7, 11) is 1.93. The van der Waals surface area contributed by atoms with Gasteiger partial charge in [-0.3, -0.25) is 9.59 Å². The van der Waals surface area contributed by atoms with Crippen molar-refractivity contribution < 1.29 is 9.59 Å². The molecule has 1 aromatic heterocycles. The molecule has 1 aliphatic heterocycles. The van der Waals surface area contributed by atoms with Gasteiger partial charge in [-0.2, -0.15) is 0 Å². The minimum Gasteiger partial charge on any atom is -0.337 e. The van der Waals surface area contributed by atoms with Crippen LogP contribution in [0.3, 0.4) is 0 Å². The van der Waals surface area contributed by atoms with Gasteiger partial charge in [0.2, 0.25) is 0 Å². The Labute approximate surface area is 163 Å². The van der Waals surface area contributed by atoms with E-state index >= 15 is 0 Å². The fraction of sp³-hybridized carbons (Fsp3) is 0.450. The summed E-state index contributed by atoms with van der Waals surface area (Å²) >= 11 is 1.41. The zero-order chi connectivity index (χ0) is 19.6. The molecule has 144 valence electrons. The highest BCUT2D eigenvalue weighted by atomic mass is 32.1. The summed E-state index contributed by atoms with van der Waals surface area (Å²) in [5.41, 5.74) is 2.41. The zero-order valence-electron chi connectivity index (χ0n) is 16.3. The molecule has 0 bridgehead atoms. The Hall–Kier alpha value is -2.25. The van der Waals surface area contributed by atoms with Crippen LogP contribution in [0.1, 0.15) is 46.0 Å². The van der Waals surface area contributed by atoms with Crippen LogP contribution < -0.4 is 10.1 Å². The highest BCUT2D eigenvalue weighted by Crippen LogP contribution is 2.18. The number of carbonyl (C=O) groups is 2. The quantitative estimate of drug-likeness (QED) is 0.804. The summed E-state index contributed by atoms with van der Waals surface area (Å²) in [5, 5.41) is 3.23. The molecule has 1 saturated heterocycles. The molecular weight excluding hydrogens is 360 g/mol. The Kier molecular flexibility index (Phi) is 5.92. The molecule has 1 N–H and O–H groups in total. The molecule has 1 amide bonds. The molecule has 3 rings (SSSR count). The predicted molar refractivity (Wildman–Crippen MR) is 108 cm³/mol. The van der Waals surface area contributed by atoms with E-state index in [-0.39, 0.29) is 11.7 Å². The van der Waals surface area contributed by atoms with Gasteiger partial charge in [-0.1, -0.05) is 11.3 Å². The Morgan fingerprint density at radius 2 is 2.00 bits per heavy atom. The lowest BCUT2D eigenvalue weighted by Crippen LogP contribution is -2.33. The molecule has 1 aromatic carbocycles. The third kappa shape index (κ3) is 4.04. The van der Waals surface area contributed by atoms with Crippen LogP contribution in [0, 0.1) is 6.92 Å². The number of hydrogen-bond donors (Lipinski definition) is 1. The van der Waals surface area contributed by atoms with E-state index in [1.807, 2.05) is 54.6 Å². The number of aromatic nitrogens is 1. The molecule has 1 aliphatic rings. The highest BCUT2D eigenvalue weighted by Gasteiger charge is 2.25. The van der Waals surface area contributed by atoms with Crippen LogP contribution in [0.15, 0.2) is 29.3 Å². The van der Waals surface area contributed by atoms with Gasteiger partial charge < -0.3 is 14.8 Å². The second-order valence-corrected chi connectivity index (χ2v) is 7.76. The number of ketones is 1. The number of benzene rings is 1. The van der Waals surface area contributed by atoms with Crippen molar-refractivity contribution in [1.29, 1.82) is 0 Å². The smallest absolute Gasteiger partial charge is 0.253 e. The summed E-state index contributed by atoms with van der Waals surface area (Å²) in [5.74, 6) is 0.126. The number of carbonyl (C=O) groups excluding carboxylic acids is 2. The van der Waals surface area contributed by atoms with Crippen molar-refractivity contribution in [3.63, 3.8) is 0 Å². The lowest BCUT2D eigenvalue weighted by molar-refractivity contribution is 0.0789. The van der Waals surface area contributed by atoms with Gasteiger partial charge in [0, 0.05) is 43.9 Å². The van der Waals surface area contributed by atoms with E-state index in [0.29, 0.717) is 11.6 Å². The topological polar surface area (TPSA) is 66.7 Å². The Bertz CT molecular complexity index is 911. The van der Waals surface area contributed by atoms with Crippen LogP contribution in [-0.2, 0) is 6.54 Å². The van der Waals surface area contributed by atoms with Gasteiger partial charge in [0.1, 0.15) is 0 Å². The van der Waals surface area contributed by atoms with Crippen molar-refractivity contribution >= 4 is 28.7 Å². The van der Waals surface area contributed by atoms with E-state index in [2.05, 4.69) is 5.32 Å².